The average molecular weight is 778 g/mol. The number of unbranched alkanes of at least 4 members (excludes halogenated alkanes) is 22. The lowest BCUT2D eigenvalue weighted by Gasteiger charge is -2.30. The Morgan fingerprint density at radius 2 is 0.927 bits per heavy atom. The molecule has 0 radical (unpaired) electrons. The van der Waals surface area contributed by atoms with Crippen molar-refractivity contribution in [1.82, 2.24) is 4.90 Å². The van der Waals surface area contributed by atoms with Gasteiger partial charge >= 0.3 is 11.9 Å². The van der Waals surface area contributed by atoms with Crippen LogP contribution in [-0.2, 0) is 19.1 Å². The van der Waals surface area contributed by atoms with Gasteiger partial charge in [0.1, 0.15) is 0 Å². The third-order valence-corrected chi connectivity index (χ3v) is 11.5. The van der Waals surface area contributed by atoms with Gasteiger partial charge in [-0.3, -0.25) is 14.5 Å². The van der Waals surface area contributed by atoms with E-state index in [4.69, 9.17) is 9.47 Å². The first-order valence-corrected chi connectivity index (χ1v) is 24.3. The molecule has 0 aliphatic rings. The number of hydrogen-bond donors (Lipinski definition) is 1. The van der Waals surface area contributed by atoms with Crippen LogP contribution in [0, 0.1) is 11.8 Å². The lowest BCUT2D eigenvalue weighted by molar-refractivity contribution is -0.149. The number of aliphatic hydroxyl groups is 1. The highest BCUT2D eigenvalue weighted by Gasteiger charge is 2.20. The van der Waals surface area contributed by atoms with Gasteiger partial charge in [0.15, 0.2) is 0 Å². The summed E-state index contributed by atoms with van der Waals surface area (Å²) in [7, 11) is 0. The molecule has 0 saturated heterocycles. The van der Waals surface area contributed by atoms with Gasteiger partial charge < -0.3 is 14.6 Å². The molecular weight excluding hydrogens is 683 g/mol. The molecule has 0 aliphatic heterocycles. The highest BCUT2D eigenvalue weighted by Crippen LogP contribution is 2.21. The van der Waals surface area contributed by atoms with E-state index in [1.165, 1.54) is 103 Å². The summed E-state index contributed by atoms with van der Waals surface area (Å²) in [4.78, 5) is 28.4. The average Bonchev–Trinajstić information content (AvgIpc) is 3.19. The first kappa shape index (κ1) is 53.6. The van der Waals surface area contributed by atoms with E-state index in [1.807, 2.05) is 0 Å². The summed E-state index contributed by atoms with van der Waals surface area (Å²) < 4.78 is 11.6. The molecule has 0 aliphatic carbocycles. The Morgan fingerprint density at radius 1 is 0.509 bits per heavy atom. The van der Waals surface area contributed by atoms with E-state index in [2.05, 4.69) is 51.7 Å². The first-order valence-electron chi connectivity index (χ1n) is 24.3. The van der Waals surface area contributed by atoms with E-state index in [1.54, 1.807) is 0 Å². The fourth-order valence-electron chi connectivity index (χ4n) is 7.67. The van der Waals surface area contributed by atoms with Crippen LogP contribution >= 0.6 is 0 Å². The smallest absolute Gasteiger partial charge is 0.312 e. The van der Waals surface area contributed by atoms with Gasteiger partial charge in [-0.1, -0.05) is 188 Å². The molecule has 0 amide bonds. The Morgan fingerprint density at radius 3 is 1.44 bits per heavy atom. The maximum absolute atomic E-state index is 13.0. The van der Waals surface area contributed by atoms with Crippen LogP contribution in [0.3, 0.4) is 0 Å². The number of aliphatic hydroxyl groups excluding tert-OH is 1. The molecule has 0 spiro atoms. The van der Waals surface area contributed by atoms with Crippen LogP contribution < -0.4 is 0 Å². The highest BCUT2D eigenvalue weighted by atomic mass is 16.5. The van der Waals surface area contributed by atoms with E-state index < -0.39 is 0 Å². The molecule has 0 aromatic heterocycles. The van der Waals surface area contributed by atoms with Crippen molar-refractivity contribution in [3.63, 3.8) is 0 Å². The van der Waals surface area contributed by atoms with Gasteiger partial charge in [-0.15, -0.1) is 0 Å². The normalized spacial score (nSPS) is 13.4. The summed E-state index contributed by atoms with van der Waals surface area (Å²) in [6, 6.07) is 0.210. The Labute approximate surface area is 343 Å². The molecule has 0 fully saturated rings. The first-order chi connectivity index (χ1) is 27.0. The van der Waals surface area contributed by atoms with Crippen LogP contribution in [0.2, 0.25) is 0 Å². The lowest BCUT2D eigenvalue weighted by Crippen LogP contribution is -2.39. The van der Waals surface area contributed by atoms with Crippen LogP contribution in [0.1, 0.15) is 240 Å². The predicted octanol–water partition coefficient (Wildman–Crippen LogP) is 14.1. The predicted molar refractivity (Wildman–Crippen MR) is 237 cm³/mol. The molecular formula is C49H95NO5. The van der Waals surface area contributed by atoms with E-state index in [-0.39, 0.29) is 36.4 Å². The molecule has 0 rings (SSSR count). The van der Waals surface area contributed by atoms with Crippen molar-refractivity contribution in [2.75, 3.05) is 32.9 Å². The van der Waals surface area contributed by atoms with Gasteiger partial charge in [0.25, 0.3) is 0 Å². The summed E-state index contributed by atoms with van der Waals surface area (Å²) in [5, 5.41) is 10.1. The molecule has 55 heavy (non-hydrogen) atoms. The number of allylic oxidation sites excluding steroid dienone is 1. The summed E-state index contributed by atoms with van der Waals surface area (Å²) in [5.74, 6) is -0.0170. The third kappa shape index (κ3) is 33.3. The summed E-state index contributed by atoms with van der Waals surface area (Å²) >= 11 is 0. The van der Waals surface area contributed by atoms with Crippen molar-refractivity contribution >= 4 is 11.9 Å². The standard InChI is InChI=1S/C49H95NO5/c1-6-11-15-19-21-23-31-39-46(37-29-18-14-9-4)49(53)55-43-35-27-25-33-41-50(47(10-5)44-51)40-32-24-26-34-42-54-48(52)45(36-28-17-13-8-3)38-30-22-20-16-12-7-2/h30,38,45-47,51H,6-29,31-37,39-44H2,1-5H3/b38-30+. The van der Waals surface area contributed by atoms with Crippen molar-refractivity contribution < 1.29 is 24.2 Å². The van der Waals surface area contributed by atoms with E-state index in [0.29, 0.717) is 13.2 Å². The third-order valence-electron chi connectivity index (χ3n) is 11.5. The topological polar surface area (TPSA) is 76.1 Å². The van der Waals surface area contributed by atoms with Crippen LogP contribution in [0.5, 0.6) is 0 Å². The molecule has 6 nitrogen and oxygen atoms in total. The summed E-state index contributed by atoms with van der Waals surface area (Å²) in [5.41, 5.74) is 0. The van der Waals surface area contributed by atoms with Crippen LogP contribution in [0.4, 0.5) is 0 Å². The Hall–Kier alpha value is -1.40. The summed E-state index contributed by atoms with van der Waals surface area (Å²) in [6.07, 6.45) is 41.2. The zero-order valence-electron chi connectivity index (χ0n) is 37.6. The monoisotopic (exact) mass is 778 g/mol. The number of esters is 2. The fourth-order valence-corrected chi connectivity index (χ4v) is 7.67. The van der Waals surface area contributed by atoms with E-state index in [9.17, 15) is 14.7 Å². The van der Waals surface area contributed by atoms with Crippen LogP contribution in [0.25, 0.3) is 0 Å². The fraction of sp³-hybridized carbons (Fsp3) is 0.918. The second kappa shape index (κ2) is 42.2. The maximum atomic E-state index is 13.0. The number of hydrogen-bond acceptors (Lipinski definition) is 6. The van der Waals surface area contributed by atoms with Gasteiger partial charge in [-0.25, -0.2) is 0 Å². The molecule has 0 aromatic rings. The van der Waals surface area contributed by atoms with Gasteiger partial charge in [0.2, 0.25) is 0 Å². The van der Waals surface area contributed by atoms with Gasteiger partial charge in [0.05, 0.1) is 31.7 Å². The molecule has 326 valence electrons. The minimum atomic E-state index is -0.0990. The molecule has 0 heterocycles. The zero-order valence-corrected chi connectivity index (χ0v) is 37.6. The zero-order chi connectivity index (χ0) is 40.5. The number of carbonyl (C=O) groups excluding carboxylic acids is 2. The van der Waals surface area contributed by atoms with Crippen molar-refractivity contribution in [1.29, 1.82) is 0 Å². The van der Waals surface area contributed by atoms with Gasteiger partial charge in [-0.05, 0) is 77.3 Å². The second-order valence-electron chi connectivity index (χ2n) is 16.6. The molecule has 3 unspecified atom stereocenters. The van der Waals surface area contributed by atoms with Gasteiger partial charge in [0, 0.05) is 6.04 Å². The van der Waals surface area contributed by atoms with Crippen molar-refractivity contribution in [3.8, 4) is 0 Å². The minimum Gasteiger partial charge on any atom is -0.465 e. The number of rotatable bonds is 43. The van der Waals surface area contributed by atoms with Crippen LogP contribution in [-0.4, -0.2) is 60.9 Å². The van der Waals surface area contributed by atoms with Crippen molar-refractivity contribution in [3.05, 3.63) is 12.2 Å². The SMILES string of the molecule is CCCCCC/C=C/C(CCCCCC)C(=O)OCCCCCCN(CCCCCCOC(=O)C(CCCCCC)CCCCCCCCC)C(CC)CO. The quantitative estimate of drug-likeness (QED) is 0.0377. The van der Waals surface area contributed by atoms with E-state index in [0.717, 1.165) is 116 Å². The minimum absolute atomic E-state index is 0.0415. The number of nitrogens with zero attached hydrogens (tertiary/aromatic N) is 1. The maximum Gasteiger partial charge on any atom is 0.312 e. The molecule has 1 N–H and O–H groups in total. The molecule has 0 saturated carbocycles. The Bertz CT molecular complexity index is 843. The highest BCUT2D eigenvalue weighted by molar-refractivity contribution is 5.74. The molecule has 0 aromatic carbocycles. The molecule has 0 bridgehead atoms. The van der Waals surface area contributed by atoms with Crippen molar-refractivity contribution in [2.24, 2.45) is 11.8 Å². The van der Waals surface area contributed by atoms with Crippen molar-refractivity contribution in [2.45, 2.75) is 246 Å². The molecule has 6 heteroatoms. The largest absolute Gasteiger partial charge is 0.465 e. The molecule has 3 atom stereocenters. The Balaban J connectivity index is 4.45. The second-order valence-corrected chi connectivity index (χ2v) is 16.6. The van der Waals surface area contributed by atoms with Gasteiger partial charge in [-0.2, -0.15) is 0 Å². The van der Waals surface area contributed by atoms with E-state index >= 15 is 0 Å². The lowest BCUT2D eigenvalue weighted by atomic mass is 9.94. The number of carbonyl (C=O) groups is 2. The van der Waals surface area contributed by atoms with Crippen LogP contribution in [0.15, 0.2) is 12.2 Å². The summed E-state index contributed by atoms with van der Waals surface area (Å²) in [6.45, 7) is 14.4. The Kier molecular flexibility index (Phi) is 41.1. The number of ether oxygens (including phenoxy) is 2.